The number of aryl methyl sites for hydroxylation is 2. The zero-order chi connectivity index (χ0) is 21.4. The van der Waals surface area contributed by atoms with Gasteiger partial charge in [0.1, 0.15) is 16.6 Å². The lowest BCUT2D eigenvalue weighted by Gasteiger charge is -2.16. The highest BCUT2D eigenvalue weighted by Crippen LogP contribution is 2.25. The highest BCUT2D eigenvalue weighted by atomic mass is 32.2. The van der Waals surface area contributed by atoms with Crippen LogP contribution in [0, 0.1) is 18.7 Å². The summed E-state index contributed by atoms with van der Waals surface area (Å²) in [5, 5.41) is 2.18. The second-order valence-electron chi connectivity index (χ2n) is 5.93. The molecule has 0 aromatic carbocycles. The van der Waals surface area contributed by atoms with Gasteiger partial charge in [0.15, 0.2) is 5.82 Å². The van der Waals surface area contributed by atoms with Crippen molar-refractivity contribution in [1.29, 1.82) is 0 Å². The van der Waals surface area contributed by atoms with E-state index < -0.39 is 50.5 Å². The van der Waals surface area contributed by atoms with Gasteiger partial charge in [-0.2, -0.15) is 22.3 Å². The number of hydrogen-bond donors (Lipinski definition) is 2. The molecule has 0 fully saturated rings. The van der Waals surface area contributed by atoms with Gasteiger partial charge in [-0.1, -0.05) is 0 Å². The number of carbonyl (C=O) groups excluding carboxylic acids is 1. The predicted octanol–water partition coefficient (Wildman–Crippen LogP) is 2.49. The van der Waals surface area contributed by atoms with Gasteiger partial charge in [-0.05, 0) is 19.9 Å². The first-order valence-electron chi connectivity index (χ1n) is 7.61. The molecule has 0 unspecified atom stereocenters. The molecular formula is C15H15F5N4O3S. The van der Waals surface area contributed by atoms with Gasteiger partial charge in [0.25, 0.3) is 5.91 Å². The van der Waals surface area contributed by atoms with E-state index in [9.17, 15) is 35.2 Å². The van der Waals surface area contributed by atoms with E-state index in [2.05, 4.69) is 10.3 Å². The molecule has 0 saturated heterocycles. The molecule has 0 bridgehead atoms. The van der Waals surface area contributed by atoms with Gasteiger partial charge in [0.05, 0.1) is 0 Å². The number of sulfonamides is 1. The Hall–Kier alpha value is -2.54. The van der Waals surface area contributed by atoms with Gasteiger partial charge >= 0.3 is 6.18 Å². The van der Waals surface area contributed by atoms with Crippen molar-refractivity contribution in [3.63, 3.8) is 0 Å². The fraction of sp³-hybridized carbons (Fsp3) is 0.333. The van der Waals surface area contributed by atoms with Crippen molar-refractivity contribution in [2.24, 2.45) is 7.05 Å². The lowest BCUT2D eigenvalue weighted by atomic mass is 10.3. The third kappa shape index (κ3) is 4.65. The minimum atomic E-state index is -4.91. The van der Waals surface area contributed by atoms with Crippen LogP contribution in [0.3, 0.4) is 0 Å². The molecule has 2 N–H and O–H groups in total. The van der Waals surface area contributed by atoms with Crippen molar-refractivity contribution in [1.82, 2.24) is 14.3 Å². The Labute approximate surface area is 156 Å². The number of hydrogen-bond acceptors (Lipinski definition) is 4. The fourth-order valence-electron chi connectivity index (χ4n) is 2.27. The maximum Gasteiger partial charge on any atom is 0.404 e. The molecular weight excluding hydrogens is 411 g/mol. The summed E-state index contributed by atoms with van der Waals surface area (Å²) >= 11 is 0. The van der Waals surface area contributed by atoms with Crippen LogP contribution in [0.2, 0.25) is 0 Å². The first-order chi connectivity index (χ1) is 12.7. The summed E-state index contributed by atoms with van der Waals surface area (Å²) < 4.78 is 91.9. The van der Waals surface area contributed by atoms with Crippen LogP contribution in [0.4, 0.5) is 27.6 Å². The molecule has 0 aliphatic rings. The van der Waals surface area contributed by atoms with E-state index in [0.29, 0.717) is 13.1 Å². The smallest absolute Gasteiger partial charge is 0.343 e. The maximum absolute atomic E-state index is 14.6. The number of pyridine rings is 1. The Morgan fingerprint density at radius 2 is 1.86 bits per heavy atom. The van der Waals surface area contributed by atoms with E-state index in [1.165, 1.54) is 17.7 Å². The molecule has 2 rings (SSSR count). The van der Waals surface area contributed by atoms with E-state index in [-0.39, 0.29) is 11.4 Å². The molecule has 28 heavy (non-hydrogen) atoms. The zero-order valence-corrected chi connectivity index (χ0v) is 15.5. The van der Waals surface area contributed by atoms with Crippen molar-refractivity contribution in [3.05, 3.63) is 41.5 Å². The van der Waals surface area contributed by atoms with Crippen LogP contribution in [0.1, 0.15) is 23.1 Å². The third-order valence-corrected chi connectivity index (χ3v) is 5.12. The average molecular weight is 426 g/mol. The highest BCUT2D eigenvalue weighted by Gasteiger charge is 2.40. The Balaban J connectivity index is 2.36. The van der Waals surface area contributed by atoms with Gasteiger partial charge in [0, 0.05) is 30.7 Å². The Morgan fingerprint density at radius 3 is 2.39 bits per heavy atom. The van der Waals surface area contributed by atoms with E-state index in [1.54, 1.807) is 0 Å². The molecule has 13 heteroatoms. The average Bonchev–Trinajstić information content (AvgIpc) is 2.80. The predicted molar refractivity (Wildman–Crippen MR) is 88.1 cm³/mol. The lowest BCUT2D eigenvalue weighted by Crippen LogP contribution is -2.43. The molecule has 0 saturated carbocycles. The number of rotatable bonds is 5. The summed E-state index contributed by atoms with van der Waals surface area (Å²) in [6.07, 6.45) is -4.23. The van der Waals surface area contributed by atoms with Gasteiger partial charge in [-0.25, -0.2) is 17.8 Å². The molecule has 2 heterocycles. The van der Waals surface area contributed by atoms with Crippen molar-refractivity contribution in [2.75, 3.05) is 5.32 Å². The summed E-state index contributed by atoms with van der Waals surface area (Å²) in [7, 11) is -3.78. The summed E-state index contributed by atoms with van der Waals surface area (Å²) in [6, 6.07) is -0.334. The van der Waals surface area contributed by atoms with Crippen molar-refractivity contribution in [3.8, 4) is 0 Å². The molecule has 0 spiro atoms. The molecule has 0 radical (unpaired) electrons. The zero-order valence-electron chi connectivity index (χ0n) is 14.7. The summed E-state index contributed by atoms with van der Waals surface area (Å²) in [6.45, 7) is 1.99. The van der Waals surface area contributed by atoms with Crippen molar-refractivity contribution < 1.29 is 35.2 Å². The molecule has 1 atom stereocenters. The number of carbonyl (C=O) groups is 1. The number of alkyl halides is 3. The highest BCUT2D eigenvalue weighted by molar-refractivity contribution is 7.89. The van der Waals surface area contributed by atoms with Gasteiger partial charge < -0.3 is 9.88 Å². The Kier molecular flexibility index (Phi) is 5.80. The largest absolute Gasteiger partial charge is 0.404 e. The molecule has 0 aliphatic carbocycles. The monoisotopic (exact) mass is 426 g/mol. The number of anilines is 1. The van der Waals surface area contributed by atoms with Crippen LogP contribution in [-0.2, 0) is 17.1 Å². The van der Waals surface area contributed by atoms with Gasteiger partial charge in [0.2, 0.25) is 16.0 Å². The molecule has 154 valence electrons. The summed E-state index contributed by atoms with van der Waals surface area (Å²) in [5.74, 6) is -3.58. The van der Waals surface area contributed by atoms with Gasteiger partial charge in [-0.3, -0.25) is 4.79 Å². The first-order valence-corrected chi connectivity index (χ1v) is 9.10. The van der Waals surface area contributed by atoms with Crippen molar-refractivity contribution in [2.45, 2.75) is 31.0 Å². The lowest BCUT2D eigenvalue weighted by molar-refractivity contribution is -0.147. The topological polar surface area (TPSA) is 93.1 Å². The number of aromatic nitrogens is 2. The molecule has 2 aromatic rings. The third-order valence-electron chi connectivity index (χ3n) is 3.60. The number of nitrogens with one attached hydrogen (secondary N) is 2. The van der Waals surface area contributed by atoms with Crippen LogP contribution in [0.25, 0.3) is 0 Å². The van der Waals surface area contributed by atoms with Crippen LogP contribution in [-0.4, -0.2) is 36.1 Å². The van der Waals surface area contributed by atoms with Gasteiger partial charge in [-0.15, -0.1) is 0 Å². The van der Waals surface area contributed by atoms with E-state index in [4.69, 9.17) is 0 Å². The molecule has 2 aromatic heterocycles. The number of halogens is 5. The van der Waals surface area contributed by atoms with E-state index in [1.807, 2.05) is 0 Å². The second-order valence-corrected chi connectivity index (χ2v) is 7.61. The van der Waals surface area contributed by atoms with Crippen LogP contribution in [0.5, 0.6) is 0 Å². The number of amides is 1. The van der Waals surface area contributed by atoms with Crippen LogP contribution >= 0.6 is 0 Å². The Morgan fingerprint density at radius 1 is 1.25 bits per heavy atom. The normalized spacial score (nSPS) is 13.4. The van der Waals surface area contributed by atoms with Crippen LogP contribution < -0.4 is 10.0 Å². The van der Waals surface area contributed by atoms with E-state index >= 15 is 0 Å². The van der Waals surface area contributed by atoms with E-state index in [0.717, 1.165) is 17.7 Å². The molecule has 1 amide bonds. The number of nitrogens with zero attached hydrogens (tertiary/aromatic N) is 2. The molecule has 0 aliphatic heterocycles. The first kappa shape index (κ1) is 21.8. The molecule has 7 nitrogen and oxygen atoms in total. The SMILES string of the molecule is Cc1cc(NC(=O)c2c(F)c(S(=O)(=O)N[C@H](C)C(F)(F)F)cn2C)cc(F)n1. The maximum atomic E-state index is 14.6. The minimum Gasteiger partial charge on any atom is -0.343 e. The Bertz CT molecular complexity index is 997. The summed E-state index contributed by atoms with van der Waals surface area (Å²) in [5.41, 5.74) is -0.616. The second kappa shape index (κ2) is 7.47. The van der Waals surface area contributed by atoms with Crippen molar-refractivity contribution >= 4 is 21.6 Å². The summed E-state index contributed by atoms with van der Waals surface area (Å²) in [4.78, 5) is 14.6. The fourth-order valence-corrected chi connectivity index (χ4v) is 3.62. The quantitative estimate of drug-likeness (QED) is 0.568. The minimum absolute atomic E-state index is 0.0659. The standard InChI is InChI=1S/C15H15F5N4O3S/c1-7-4-9(5-11(16)21-7)22-14(25)13-12(17)10(6-24(13)3)28(26,27)23-8(2)15(18,19)20/h4-6,8,23H,1-3H3,(H,21,22,25)/t8-/m1/s1. The van der Waals surface area contributed by atoms with Crippen LogP contribution in [0.15, 0.2) is 23.2 Å².